The van der Waals surface area contributed by atoms with Crippen molar-refractivity contribution in [3.8, 4) is 11.8 Å². The number of hydrogen-bond acceptors (Lipinski definition) is 9. The van der Waals surface area contributed by atoms with Crippen LogP contribution in [0.2, 0.25) is 0 Å². The fourth-order valence-corrected chi connectivity index (χ4v) is 5.70. The summed E-state index contributed by atoms with van der Waals surface area (Å²) in [5, 5.41) is 30.6. The zero-order valence-corrected chi connectivity index (χ0v) is 18.6. The number of hydrogen-bond donors (Lipinski definition) is 5. The molecule has 2 aromatic rings. The highest BCUT2D eigenvalue weighted by Gasteiger charge is 2.47. The summed E-state index contributed by atoms with van der Waals surface area (Å²) in [4.78, 5) is 23.6. The molecule has 12 heteroatoms. The third kappa shape index (κ3) is 5.48. The molecule has 174 valence electrons. The molecule has 3 rings (SSSR count). The minimum absolute atomic E-state index is 0.204. The van der Waals surface area contributed by atoms with Crippen molar-refractivity contribution < 1.29 is 24.9 Å². The molecule has 7 N–H and O–H groups in total. The second-order valence-corrected chi connectivity index (χ2v) is 9.88. The van der Waals surface area contributed by atoms with Crippen molar-refractivity contribution in [1.29, 1.82) is 0 Å². The average molecular weight is 466 g/mol. The first-order chi connectivity index (χ1) is 15.3. The van der Waals surface area contributed by atoms with E-state index in [0.29, 0.717) is 41.4 Å². The lowest BCUT2D eigenvalue weighted by molar-refractivity contribution is -0.140. The zero-order chi connectivity index (χ0) is 23.3. The molecule has 3 heterocycles. The SMILES string of the molecule is C[C@@H](C[S+](CC#CCCCN)C[C@H]1O[C@@H](n2cnc3c(N)ncnc32)[C@@H](O)C1O)C(=O)O. The van der Waals surface area contributed by atoms with Gasteiger partial charge >= 0.3 is 5.97 Å². The molecule has 0 aliphatic carbocycles. The predicted molar refractivity (Wildman–Crippen MR) is 120 cm³/mol. The Hall–Kier alpha value is -2.43. The van der Waals surface area contributed by atoms with E-state index in [4.69, 9.17) is 16.2 Å². The van der Waals surface area contributed by atoms with Gasteiger partial charge in [-0.3, -0.25) is 9.36 Å². The van der Waals surface area contributed by atoms with E-state index in [9.17, 15) is 20.1 Å². The van der Waals surface area contributed by atoms with Crippen LogP contribution in [0, 0.1) is 17.8 Å². The van der Waals surface area contributed by atoms with Gasteiger partial charge in [-0.25, -0.2) is 15.0 Å². The van der Waals surface area contributed by atoms with Crippen LogP contribution in [0.3, 0.4) is 0 Å². The van der Waals surface area contributed by atoms with Crippen LogP contribution >= 0.6 is 0 Å². The highest BCUT2D eigenvalue weighted by Crippen LogP contribution is 2.33. The molecule has 1 aliphatic rings. The fraction of sp³-hybridized carbons (Fsp3) is 0.600. The van der Waals surface area contributed by atoms with Crippen LogP contribution in [0.25, 0.3) is 11.2 Å². The molecule has 0 spiro atoms. The number of carboxylic acids is 1. The molecule has 11 nitrogen and oxygen atoms in total. The van der Waals surface area contributed by atoms with E-state index >= 15 is 0 Å². The van der Waals surface area contributed by atoms with Gasteiger partial charge in [0.1, 0.15) is 41.7 Å². The van der Waals surface area contributed by atoms with Crippen LogP contribution in [0.1, 0.15) is 26.0 Å². The topological polar surface area (TPSA) is 183 Å². The van der Waals surface area contributed by atoms with Crippen molar-refractivity contribution in [3.63, 3.8) is 0 Å². The van der Waals surface area contributed by atoms with Crippen LogP contribution < -0.4 is 11.5 Å². The van der Waals surface area contributed by atoms with Gasteiger partial charge < -0.3 is 31.5 Å². The lowest BCUT2D eigenvalue weighted by Gasteiger charge is -2.17. The zero-order valence-electron chi connectivity index (χ0n) is 17.8. The molecule has 0 saturated carbocycles. The molecule has 0 aromatic carbocycles. The maximum atomic E-state index is 11.4. The van der Waals surface area contributed by atoms with Crippen molar-refractivity contribution in [2.45, 2.75) is 44.3 Å². The predicted octanol–water partition coefficient (Wildman–Crippen LogP) is -0.891. The van der Waals surface area contributed by atoms with Crippen LogP contribution in [0.5, 0.6) is 0 Å². The Morgan fingerprint density at radius 2 is 2.09 bits per heavy atom. The Morgan fingerprint density at radius 1 is 1.31 bits per heavy atom. The number of anilines is 1. The summed E-state index contributed by atoms with van der Waals surface area (Å²) in [5.74, 6) is 6.21. The molecular formula is C20H29N6O5S+. The maximum absolute atomic E-state index is 11.4. The quantitative estimate of drug-likeness (QED) is 0.177. The van der Waals surface area contributed by atoms with E-state index in [2.05, 4.69) is 26.8 Å². The van der Waals surface area contributed by atoms with Crippen LogP contribution in [0.15, 0.2) is 12.7 Å². The van der Waals surface area contributed by atoms with Gasteiger partial charge in [-0.05, 0) is 25.8 Å². The van der Waals surface area contributed by atoms with E-state index in [-0.39, 0.29) is 5.82 Å². The van der Waals surface area contributed by atoms with Crippen LogP contribution in [-0.2, 0) is 20.4 Å². The van der Waals surface area contributed by atoms with E-state index in [0.717, 1.165) is 6.42 Å². The van der Waals surface area contributed by atoms with Crippen LogP contribution in [0.4, 0.5) is 5.82 Å². The molecular weight excluding hydrogens is 436 g/mol. The summed E-state index contributed by atoms with van der Waals surface area (Å²) >= 11 is 0. The van der Waals surface area contributed by atoms with Crippen molar-refractivity contribution in [1.82, 2.24) is 19.5 Å². The van der Waals surface area contributed by atoms with Gasteiger partial charge in [-0.15, -0.1) is 0 Å². The third-order valence-corrected chi connectivity index (χ3v) is 7.54. The Labute approximate surface area is 188 Å². The van der Waals surface area contributed by atoms with Gasteiger partial charge in [0.25, 0.3) is 0 Å². The van der Waals surface area contributed by atoms with Gasteiger partial charge in [0.2, 0.25) is 0 Å². The van der Waals surface area contributed by atoms with Crippen molar-refractivity contribution in [3.05, 3.63) is 12.7 Å². The van der Waals surface area contributed by atoms with Gasteiger partial charge in [0, 0.05) is 17.3 Å². The monoisotopic (exact) mass is 465 g/mol. The van der Waals surface area contributed by atoms with E-state index in [1.807, 2.05) is 0 Å². The highest BCUT2D eigenvalue weighted by molar-refractivity contribution is 7.97. The number of ether oxygens (including phenoxy) is 1. The number of aliphatic hydroxyl groups excluding tert-OH is 2. The number of aromatic nitrogens is 4. The number of carboxylic acid groups (broad SMARTS) is 1. The van der Waals surface area contributed by atoms with Crippen molar-refractivity contribution >= 4 is 33.8 Å². The molecule has 2 aromatic heterocycles. The lowest BCUT2D eigenvalue weighted by Crippen LogP contribution is -2.38. The smallest absolute Gasteiger partial charge is 0.310 e. The first kappa shape index (κ1) is 24.2. The second-order valence-electron chi connectivity index (χ2n) is 7.70. The van der Waals surface area contributed by atoms with Gasteiger partial charge in [0.15, 0.2) is 23.4 Å². The number of aliphatic hydroxyl groups is 2. The summed E-state index contributed by atoms with van der Waals surface area (Å²) in [6, 6.07) is 0. The number of aliphatic carboxylic acids is 1. The number of nitrogen functional groups attached to an aromatic ring is 1. The number of fused-ring (bicyclic) bond motifs is 1. The molecule has 1 fully saturated rings. The molecule has 1 aliphatic heterocycles. The Balaban J connectivity index is 1.74. The summed E-state index contributed by atoms with van der Waals surface area (Å²) in [6.07, 6.45) is 0.243. The number of unbranched alkanes of at least 4 members (excludes halogenated alkanes) is 1. The standard InChI is InChI=1S/C20H28N6O5S/c1-12(20(29)30)8-32(7-5-3-2-4-6-21)9-13-15(27)16(28)19(31-13)26-11-25-14-17(22)23-10-24-18(14)26/h10-13,15-16,19,27-28H,2,4,6-9,21H2,1H3,(H2-,22,23,24,29,30)/p+1/t12-,13+,15?,16-,19+,32?/m0/s1. The van der Waals surface area contributed by atoms with Gasteiger partial charge in [0.05, 0.1) is 12.2 Å². The Kier molecular flexibility index (Phi) is 8.27. The molecule has 32 heavy (non-hydrogen) atoms. The second kappa shape index (κ2) is 10.9. The molecule has 0 bridgehead atoms. The number of carbonyl (C=O) groups is 1. The van der Waals surface area contributed by atoms with Crippen molar-refractivity contribution in [2.24, 2.45) is 11.7 Å². The molecule has 1 saturated heterocycles. The third-order valence-electron chi connectivity index (χ3n) is 5.21. The first-order valence-corrected chi connectivity index (χ1v) is 12.0. The van der Waals surface area contributed by atoms with Gasteiger partial charge in [-0.2, -0.15) is 0 Å². The number of nitrogens with zero attached hydrogens (tertiary/aromatic N) is 4. The number of nitrogens with two attached hydrogens (primary N) is 2. The van der Waals surface area contributed by atoms with E-state index in [1.54, 1.807) is 6.92 Å². The molecule has 6 atom stereocenters. The molecule has 0 radical (unpaired) electrons. The minimum Gasteiger partial charge on any atom is -0.481 e. The highest BCUT2D eigenvalue weighted by atomic mass is 32.2. The lowest BCUT2D eigenvalue weighted by atomic mass is 10.1. The Bertz CT molecular complexity index is 992. The fourth-order valence-electron chi connectivity index (χ4n) is 3.43. The largest absolute Gasteiger partial charge is 0.481 e. The first-order valence-electron chi connectivity index (χ1n) is 10.3. The van der Waals surface area contributed by atoms with Gasteiger partial charge in [-0.1, -0.05) is 5.92 Å². The molecule has 2 unspecified atom stereocenters. The summed E-state index contributed by atoms with van der Waals surface area (Å²) in [7, 11) is -0.451. The normalized spacial score (nSPS) is 24.8. The average Bonchev–Trinajstić information content (AvgIpc) is 3.30. The van der Waals surface area contributed by atoms with E-state index in [1.165, 1.54) is 17.2 Å². The maximum Gasteiger partial charge on any atom is 0.310 e. The molecule has 0 amide bonds. The van der Waals surface area contributed by atoms with E-state index < -0.39 is 47.3 Å². The number of rotatable bonds is 9. The summed E-state index contributed by atoms with van der Waals surface area (Å²) < 4.78 is 7.53. The van der Waals surface area contributed by atoms with Crippen LogP contribution in [-0.4, -0.2) is 82.9 Å². The summed E-state index contributed by atoms with van der Waals surface area (Å²) in [5.41, 5.74) is 12.1. The number of imidazole rings is 1. The Morgan fingerprint density at radius 3 is 2.81 bits per heavy atom. The summed E-state index contributed by atoms with van der Waals surface area (Å²) in [6.45, 7) is 2.22. The van der Waals surface area contributed by atoms with Crippen molar-refractivity contribution in [2.75, 3.05) is 29.5 Å². The minimum atomic E-state index is -1.22.